The normalized spacial score (nSPS) is 12.7. The molecule has 0 amide bonds. The molecular formula is C17H14N2O2. The van der Waals surface area contributed by atoms with Crippen molar-refractivity contribution in [2.45, 2.75) is 27.2 Å². The second-order valence-corrected chi connectivity index (χ2v) is 5.75. The Bertz CT molecular complexity index is 1080. The highest BCUT2D eigenvalue weighted by Crippen LogP contribution is 2.38. The zero-order valence-corrected chi connectivity index (χ0v) is 12.1. The predicted octanol–water partition coefficient (Wildman–Crippen LogP) is 2.27. The lowest BCUT2D eigenvalue weighted by atomic mass is 9.94. The molecule has 3 aromatic rings. The number of H-pyrrole nitrogens is 1. The van der Waals surface area contributed by atoms with Crippen LogP contribution in [-0.2, 0) is 6.42 Å². The number of aryl methyl sites for hydroxylation is 3. The van der Waals surface area contributed by atoms with Crippen LogP contribution in [0.15, 0.2) is 21.9 Å². The number of aromatic nitrogens is 2. The molecule has 1 N–H and O–H groups in total. The molecule has 104 valence electrons. The minimum atomic E-state index is -0.583. The molecule has 0 saturated heterocycles. The SMILES string of the molecule is Cc1c(C)c2c3cc[nH]c(=O)c(=O)c2c2c(C)c(nc12)C3. The number of fused-ring (bicyclic) bond motifs is 1. The molecule has 4 nitrogen and oxygen atoms in total. The molecule has 0 spiro atoms. The first-order chi connectivity index (χ1) is 10.0. The smallest absolute Gasteiger partial charge is 0.296 e. The summed E-state index contributed by atoms with van der Waals surface area (Å²) in [6, 6.07) is 1.89. The highest BCUT2D eigenvalue weighted by atomic mass is 16.2. The van der Waals surface area contributed by atoms with E-state index in [-0.39, 0.29) is 0 Å². The molecule has 4 rings (SSSR count). The average molecular weight is 278 g/mol. The molecule has 2 aromatic heterocycles. The van der Waals surface area contributed by atoms with Crippen LogP contribution >= 0.6 is 0 Å². The van der Waals surface area contributed by atoms with Crippen LogP contribution in [0.1, 0.15) is 27.9 Å². The topological polar surface area (TPSA) is 62.8 Å². The highest BCUT2D eigenvalue weighted by molar-refractivity contribution is 6.13. The van der Waals surface area contributed by atoms with Crippen molar-refractivity contribution in [1.82, 2.24) is 9.97 Å². The van der Waals surface area contributed by atoms with Crippen molar-refractivity contribution in [1.29, 1.82) is 0 Å². The fourth-order valence-electron chi connectivity index (χ4n) is 3.46. The van der Waals surface area contributed by atoms with Gasteiger partial charge in [0.2, 0.25) is 0 Å². The van der Waals surface area contributed by atoms with Gasteiger partial charge in [-0.2, -0.15) is 0 Å². The molecule has 0 atom stereocenters. The van der Waals surface area contributed by atoms with Crippen molar-refractivity contribution >= 4 is 21.7 Å². The molecule has 4 heteroatoms. The van der Waals surface area contributed by atoms with E-state index >= 15 is 0 Å². The largest absolute Gasteiger partial charge is 0.326 e. The Kier molecular flexibility index (Phi) is 2.21. The molecule has 0 radical (unpaired) electrons. The number of hydrogen-bond acceptors (Lipinski definition) is 3. The molecule has 1 aromatic carbocycles. The van der Waals surface area contributed by atoms with Gasteiger partial charge in [0.05, 0.1) is 5.52 Å². The van der Waals surface area contributed by atoms with E-state index in [4.69, 9.17) is 4.98 Å². The molecule has 0 saturated carbocycles. The highest BCUT2D eigenvalue weighted by Gasteiger charge is 2.23. The van der Waals surface area contributed by atoms with E-state index in [1.54, 1.807) is 6.20 Å². The van der Waals surface area contributed by atoms with Crippen LogP contribution in [0.2, 0.25) is 0 Å². The van der Waals surface area contributed by atoms with Crippen molar-refractivity contribution in [2.24, 2.45) is 0 Å². The first-order valence-electron chi connectivity index (χ1n) is 6.97. The summed E-state index contributed by atoms with van der Waals surface area (Å²) in [4.78, 5) is 31.8. The number of benzene rings is 1. The van der Waals surface area contributed by atoms with Crippen LogP contribution < -0.4 is 11.0 Å². The fraction of sp³-hybridized carbons (Fsp3) is 0.235. The molecule has 1 aliphatic carbocycles. The third kappa shape index (κ3) is 1.37. The maximum atomic E-state index is 12.6. The van der Waals surface area contributed by atoms with Gasteiger partial charge in [0.1, 0.15) is 0 Å². The maximum Gasteiger partial charge on any atom is 0.296 e. The van der Waals surface area contributed by atoms with Gasteiger partial charge in [0.15, 0.2) is 0 Å². The van der Waals surface area contributed by atoms with Crippen molar-refractivity contribution in [3.63, 3.8) is 0 Å². The van der Waals surface area contributed by atoms with E-state index in [1.165, 1.54) is 0 Å². The number of hydrogen-bond donors (Lipinski definition) is 1. The Balaban J connectivity index is 2.58. The van der Waals surface area contributed by atoms with E-state index in [0.717, 1.165) is 44.2 Å². The Hall–Kier alpha value is -2.49. The minimum Gasteiger partial charge on any atom is -0.326 e. The Morgan fingerprint density at radius 3 is 2.52 bits per heavy atom. The first-order valence-corrected chi connectivity index (χ1v) is 6.97. The van der Waals surface area contributed by atoms with Crippen LogP contribution in [0.5, 0.6) is 0 Å². The standard InChI is InChI=1S/C17H14N2O2/c1-7-8(2)15-13-9(3)11(19-15)6-10-4-5-18-17(21)16(20)14(13)12(7)10/h4-5H,6H2,1-3H3,(H,18,21). The van der Waals surface area contributed by atoms with Crippen molar-refractivity contribution in [3.05, 3.63) is 60.8 Å². The molecule has 5 bridgehead atoms. The lowest BCUT2D eigenvalue weighted by Crippen LogP contribution is -2.25. The molecule has 0 fully saturated rings. The van der Waals surface area contributed by atoms with Crippen LogP contribution in [-0.4, -0.2) is 9.97 Å². The van der Waals surface area contributed by atoms with Crippen molar-refractivity contribution in [3.8, 4) is 0 Å². The lowest BCUT2D eigenvalue weighted by molar-refractivity contribution is 1.09. The van der Waals surface area contributed by atoms with Gasteiger partial charge in [0.25, 0.3) is 11.0 Å². The summed E-state index contributed by atoms with van der Waals surface area (Å²) in [7, 11) is 0. The Morgan fingerprint density at radius 2 is 1.76 bits per heavy atom. The van der Waals surface area contributed by atoms with E-state index in [9.17, 15) is 9.59 Å². The van der Waals surface area contributed by atoms with Gasteiger partial charge in [-0.15, -0.1) is 0 Å². The van der Waals surface area contributed by atoms with Gasteiger partial charge < -0.3 is 4.98 Å². The van der Waals surface area contributed by atoms with Gasteiger partial charge in [-0.1, -0.05) is 0 Å². The van der Waals surface area contributed by atoms with E-state index < -0.39 is 11.0 Å². The zero-order chi connectivity index (χ0) is 14.9. The van der Waals surface area contributed by atoms with Crippen molar-refractivity contribution in [2.75, 3.05) is 0 Å². The van der Waals surface area contributed by atoms with Gasteiger partial charge in [-0.25, -0.2) is 0 Å². The van der Waals surface area contributed by atoms with Gasteiger partial charge in [-0.05, 0) is 54.5 Å². The second kappa shape index (κ2) is 3.79. The van der Waals surface area contributed by atoms with E-state index in [2.05, 4.69) is 4.98 Å². The quantitative estimate of drug-likeness (QED) is 0.502. The molecule has 0 aliphatic heterocycles. The lowest BCUT2D eigenvalue weighted by Gasteiger charge is -2.11. The summed E-state index contributed by atoms with van der Waals surface area (Å²) in [6.07, 6.45) is 2.25. The van der Waals surface area contributed by atoms with Gasteiger partial charge >= 0.3 is 0 Å². The van der Waals surface area contributed by atoms with Crippen molar-refractivity contribution < 1.29 is 0 Å². The number of nitrogens with zero attached hydrogens (tertiary/aromatic N) is 1. The summed E-state index contributed by atoms with van der Waals surface area (Å²) in [5.41, 5.74) is 5.02. The van der Waals surface area contributed by atoms with Crippen LogP contribution in [0.4, 0.5) is 0 Å². The number of nitrogens with one attached hydrogen (secondary N) is 1. The van der Waals surface area contributed by atoms with E-state index in [1.807, 2.05) is 26.8 Å². The molecule has 1 aliphatic rings. The van der Waals surface area contributed by atoms with Gasteiger partial charge in [-0.3, -0.25) is 14.6 Å². The van der Waals surface area contributed by atoms with Gasteiger partial charge in [0, 0.05) is 29.1 Å². The molecule has 0 unspecified atom stereocenters. The predicted molar refractivity (Wildman–Crippen MR) is 83.2 cm³/mol. The molecule has 21 heavy (non-hydrogen) atoms. The minimum absolute atomic E-state index is 0.469. The van der Waals surface area contributed by atoms with Crippen LogP contribution in [0, 0.1) is 20.8 Å². The monoisotopic (exact) mass is 278 g/mol. The first kappa shape index (κ1) is 12.3. The summed E-state index contributed by atoms with van der Waals surface area (Å²) in [6.45, 7) is 6.02. The molecular weight excluding hydrogens is 264 g/mol. The Labute approximate surface area is 120 Å². The van der Waals surface area contributed by atoms with Crippen LogP contribution in [0.3, 0.4) is 0 Å². The number of aromatic amines is 1. The zero-order valence-electron chi connectivity index (χ0n) is 12.1. The average Bonchev–Trinajstić information content (AvgIpc) is 2.70. The van der Waals surface area contributed by atoms with E-state index in [0.29, 0.717) is 11.8 Å². The third-order valence-electron chi connectivity index (χ3n) is 4.70. The summed E-state index contributed by atoms with van der Waals surface area (Å²) >= 11 is 0. The molecule has 2 heterocycles. The Morgan fingerprint density at radius 1 is 1.00 bits per heavy atom. The summed E-state index contributed by atoms with van der Waals surface area (Å²) in [5.74, 6) is 0. The fourth-order valence-corrected chi connectivity index (χ4v) is 3.46. The second-order valence-electron chi connectivity index (χ2n) is 5.75. The third-order valence-corrected chi connectivity index (χ3v) is 4.70. The maximum absolute atomic E-state index is 12.6. The number of rotatable bonds is 0. The summed E-state index contributed by atoms with van der Waals surface area (Å²) in [5, 5.41) is 2.30. The van der Waals surface area contributed by atoms with Crippen LogP contribution in [0.25, 0.3) is 21.7 Å². The summed E-state index contributed by atoms with van der Waals surface area (Å²) < 4.78 is 0.